The summed E-state index contributed by atoms with van der Waals surface area (Å²) in [6.45, 7) is 5.86. The quantitative estimate of drug-likeness (QED) is 0.306. The van der Waals surface area contributed by atoms with Crippen molar-refractivity contribution in [3.05, 3.63) is 70.7 Å². The molecule has 0 atom stereocenters. The summed E-state index contributed by atoms with van der Waals surface area (Å²) in [5, 5.41) is 21.7. The molecule has 35 heavy (non-hydrogen) atoms. The number of imidazole rings is 1. The number of phenolic OH excluding ortho intramolecular Hbond substituents is 1. The first-order valence-electron chi connectivity index (χ1n) is 11.2. The fourth-order valence-corrected chi connectivity index (χ4v) is 4.29. The van der Waals surface area contributed by atoms with Crippen molar-refractivity contribution in [2.75, 3.05) is 7.11 Å². The van der Waals surface area contributed by atoms with Crippen LogP contribution >= 0.6 is 0 Å². The van der Waals surface area contributed by atoms with Gasteiger partial charge in [-0.05, 0) is 45.0 Å². The number of benzene rings is 2. The minimum absolute atomic E-state index is 0.0108. The van der Waals surface area contributed by atoms with Crippen LogP contribution in [-0.4, -0.2) is 31.9 Å². The summed E-state index contributed by atoms with van der Waals surface area (Å²) in [6, 6.07) is 14.3. The average molecular weight is 472 g/mol. The van der Waals surface area contributed by atoms with Gasteiger partial charge in [0.05, 0.1) is 7.11 Å². The fourth-order valence-electron chi connectivity index (χ4n) is 4.29. The number of hydrogen-bond donors (Lipinski definition) is 3. The Balaban J connectivity index is 1.82. The topological polar surface area (TPSA) is 114 Å². The summed E-state index contributed by atoms with van der Waals surface area (Å²) in [6.07, 6.45) is 2.03. The van der Waals surface area contributed by atoms with E-state index >= 15 is 0 Å². The van der Waals surface area contributed by atoms with Crippen molar-refractivity contribution >= 4 is 10.9 Å². The number of aryl methyl sites for hydroxylation is 1. The highest BCUT2D eigenvalue weighted by Crippen LogP contribution is 2.40. The Kier molecular flexibility index (Phi) is 5.36. The summed E-state index contributed by atoms with van der Waals surface area (Å²) in [5.74, 6) is 0.624. The Morgan fingerprint density at radius 3 is 2.63 bits per heavy atom. The number of fused-ring (bicyclic) bond motifs is 1. The molecule has 0 aliphatic carbocycles. The molecule has 0 spiro atoms. The summed E-state index contributed by atoms with van der Waals surface area (Å²) in [7, 11) is 1.46. The monoisotopic (exact) mass is 471 g/mol. The van der Waals surface area contributed by atoms with Crippen LogP contribution in [0.3, 0.4) is 0 Å². The summed E-state index contributed by atoms with van der Waals surface area (Å²) < 4.78 is 13.2. The second kappa shape index (κ2) is 8.39. The van der Waals surface area contributed by atoms with Gasteiger partial charge < -0.3 is 28.9 Å². The number of ether oxygens (including phenoxy) is 1. The van der Waals surface area contributed by atoms with E-state index in [1.165, 1.54) is 19.2 Å². The first kappa shape index (κ1) is 22.3. The molecule has 8 heteroatoms. The first-order chi connectivity index (χ1) is 16.8. The molecule has 0 saturated heterocycles. The Bertz CT molecular complexity index is 1620. The molecule has 0 fully saturated rings. The zero-order chi connectivity index (χ0) is 24.9. The highest BCUT2D eigenvalue weighted by molar-refractivity contribution is 5.96. The molecular formula is C27H25N3O5. The van der Waals surface area contributed by atoms with Crippen molar-refractivity contribution in [2.45, 2.75) is 26.8 Å². The number of hydrogen-bond acceptors (Lipinski definition) is 6. The molecule has 0 radical (unpaired) electrons. The average Bonchev–Trinajstić information content (AvgIpc) is 3.44. The number of aromatic amines is 1. The SMILES string of the molecule is COc1cc(-c2nc(-c3cn(C(C)C)c4ccccc34)[nH]c2-c2oc(C)cc(=O)c2O)ccc1O. The van der Waals surface area contributed by atoms with Crippen LogP contribution in [0.5, 0.6) is 17.2 Å². The normalized spacial score (nSPS) is 11.5. The van der Waals surface area contributed by atoms with Crippen LogP contribution < -0.4 is 10.2 Å². The van der Waals surface area contributed by atoms with Gasteiger partial charge in [0, 0.05) is 40.3 Å². The molecule has 3 aromatic heterocycles. The van der Waals surface area contributed by atoms with Gasteiger partial charge in [-0.2, -0.15) is 0 Å². The first-order valence-corrected chi connectivity index (χ1v) is 11.2. The molecule has 8 nitrogen and oxygen atoms in total. The van der Waals surface area contributed by atoms with Crippen molar-refractivity contribution in [2.24, 2.45) is 0 Å². The number of nitrogens with one attached hydrogen (secondary N) is 1. The van der Waals surface area contributed by atoms with Crippen molar-refractivity contribution < 1.29 is 19.4 Å². The number of methoxy groups -OCH3 is 1. The molecule has 2 aromatic carbocycles. The molecule has 0 amide bonds. The second-order valence-corrected chi connectivity index (χ2v) is 8.66. The standard InChI is InChI=1S/C27H25N3O5/c1-14(2)30-13-18(17-7-5-6-8-19(17)30)27-28-23(16-9-10-20(31)22(12-16)34-4)24(29-27)26-25(33)21(32)11-15(3)35-26/h5-14,31,33H,1-4H3,(H,28,29). The summed E-state index contributed by atoms with van der Waals surface area (Å²) in [4.78, 5) is 20.5. The van der Waals surface area contributed by atoms with Gasteiger partial charge in [-0.1, -0.05) is 18.2 Å². The predicted molar refractivity (Wildman–Crippen MR) is 134 cm³/mol. The minimum atomic E-state index is -0.550. The van der Waals surface area contributed by atoms with Gasteiger partial charge in [-0.25, -0.2) is 4.98 Å². The molecule has 0 saturated carbocycles. The van der Waals surface area contributed by atoms with Gasteiger partial charge in [0.2, 0.25) is 11.2 Å². The highest BCUT2D eigenvalue weighted by Gasteiger charge is 2.24. The molecule has 5 aromatic rings. The third-order valence-corrected chi connectivity index (χ3v) is 5.98. The van der Waals surface area contributed by atoms with Crippen molar-refractivity contribution in [1.82, 2.24) is 14.5 Å². The van der Waals surface area contributed by atoms with E-state index in [1.807, 2.05) is 24.4 Å². The molecule has 0 aliphatic heterocycles. The number of nitrogens with zero attached hydrogens (tertiary/aromatic N) is 2. The zero-order valence-corrected chi connectivity index (χ0v) is 19.8. The maximum absolute atomic E-state index is 12.4. The van der Waals surface area contributed by atoms with Crippen LogP contribution in [0.2, 0.25) is 0 Å². The second-order valence-electron chi connectivity index (χ2n) is 8.66. The maximum atomic E-state index is 12.4. The lowest BCUT2D eigenvalue weighted by atomic mass is 10.1. The lowest BCUT2D eigenvalue weighted by molar-refractivity contribution is 0.373. The van der Waals surface area contributed by atoms with Crippen LogP contribution in [-0.2, 0) is 0 Å². The van der Waals surface area contributed by atoms with E-state index in [0.717, 1.165) is 16.5 Å². The van der Waals surface area contributed by atoms with Crippen LogP contribution in [0.4, 0.5) is 0 Å². The van der Waals surface area contributed by atoms with E-state index in [1.54, 1.807) is 19.1 Å². The lowest BCUT2D eigenvalue weighted by Crippen LogP contribution is -2.01. The van der Waals surface area contributed by atoms with Gasteiger partial charge in [0.1, 0.15) is 23.0 Å². The number of phenols is 1. The molecule has 0 aliphatic rings. The predicted octanol–water partition coefficient (Wildman–Crippen LogP) is 5.63. The highest BCUT2D eigenvalue weighted by atomic mass is 16.5. The molecule has 0 unspecified atom stereocenters. The summed E-state index contributed by atoms with van der Waals surface area (Å²) in [5.41, 5.74) is 2.75. The van der Waals surface area contributed by atoms with Crippen molar-refractivity contribution in [3.63, 3.8) is 0 Å². The Morgan fingerprint density at radius 2 is 1.89 bits per heavy atom. The van der Waals surface area contributed by atoms with Crippen LogP contribution in [0.25, 0.3) is 45.0 Å². The zero-order valence-electron chi connectivity index (χ0n) is 19.8. The number of aromatic nitrogens is 3. The van der Waals surface area contributed by atoms with Crippen LogP contribution in [0, 0.1) is 6.92 Å². The van der Waals surface area contributed by atoms with Crippen molar-refractivity contribution in [1.29, 1.82) is 0 Å². The molecule has 3 N–H and O–H groups in total. The number of para-hydroxylation sites is 1. The Labute approximate surface area is 201 Å². The summed E-state index contributed by atoms with van der Waals surface area (Å²) >= 11 is 0. The van der Waals surface area contributed by atoms with E-state index in [2.05, 4.69) is 29.5 Å². The minimum Gasteiger partial charge on any atom is -0.504 e. The third kappa shape index (κ3) is 3.73. The third-order valence-electron chi connectivity index (χ3n) is 5.98. The van der Waals surface area contributed by atoms with E-state index in [9.17, 15) is 15.0 Å². The van der Waals surface area contributed by atoms with E-state index in [4.69, 9.17) is 14.1 Å². The van der Waals surface area contributed by atoms with Gasteiger partial charge in [0.15, 0.2) is 17.3 Å². The van der Waals surface area contributed by atoms with Gasteiger partial charge in [-0.15, -0.1) is 0 Å². The van der Waals surface area contributed by atoms with Crippen molar-refractivity contribution in [3.8, 4) is 51.3 Å². The Morgan fingerprint density at radius 1 is 1.11 bits per heavy atom. The molecule has 0 bridgehead atoms. The van der Waals surface area contributed by atoms with Crippen LogP contribution in [0.15, 0.2) is 63.9 Å². The molecule has 178 valence electrons. The van der Waals surface area contributed by atoms with Gasteiger partial charge in [-0.3, -0.25) is 4.79 Å². The van der Waals surface area contributed by atoms with Gasteiger partial charge in [0.25, 0.3) is 0 Å². The fraction of sp³-hybridized carbons (Fsp3) is 0.185. The number of aromatic hydroxyl groups is 2. The van der Waals surface area contributed by atoms with Gasteiger partial charge >= 0.3 is 0 Å². The number of H-pyrrole nitrogens is 1. The largest absolute Gasteiger partial charge is 0.504 e. The van der Waals surface area contributed by atoms with E-state index < -0.39 is 11.2 Å². The Hall–Kier alpha value is -4.46. The maximum Gasteiger partial charge on any atom is 0.227 e. The van der Waals surface area contributed by atoms with Crippen LogP contribution in [0.1, 0.15) is 25.6 Å². The van der Waals surface area contributed by atoms with E-state index in [-0.39, 0.29) is 23.3 Å². The van der Waals surface area contributed by atoms with E-state index in [0.29, 0.717) is 28.5 Å². The number of rotatable bonds is 5. The smallest absolute Gasteiger partial charge is 0.227 e. The molecule has 3 heterocycles. The lowest BCUT2D eigenvalue weighted by Gasteiger charge is -2.08. The molecular weight excluding hydrogens is 446 g/mol. The molecule has 5 rings (SSSR count).